The van der Waals surface area contributed by atoms with Crippen molar-refractivity contribution >= 4 is 23.4 Å². The topological polar surface area (TPSA) is 78.3 Å². The van der Waals surface area contributed by atoms with Crippen LogP contribution in [0.1, 0.15) is 25.2 Å². The molecule has 0 aliphatic rings. The number of rotatable bonds is 10. The molecule has 8 heteroatoms. The molecule has 0 unspecified atom stereocenters. The van der Waals surface area contributed by atoms with Crippen LogP contribution in [0, 0.1) is 6.92 Å². The summed E-state index contributed by atoms with van der Waals surface area (Å²) in [5, 5.41) is 12.1. The lowest BCUT2D eigenvalue weighted by Gasteiger charge is -2.11. The van der Waals surface area contributed by atoms with E-state index in [1.165, 1.54) is 11.8 Å². The molecule has 0 atom stereocenters. The van der Waals surface area contributed by atoms with E-state index < -0.39 is 0 Å². The van der Waals surface area contributed by atoms with Crippen LogP contribution in [0.4, 0.5) is 5.69 Å². The minimum absolute atomic E-state index is 0.129. The van der Waals surface area contributed by atoms with E-state index in [9.17, 15) is 4.79 Å². The zero-order valence-electron chi connectivity index (χ0n) is 17.4. The van der Waals surface area contributed by atoms with Gasteiger partial charge in [-0.2, -0.15) is 0 Å². The summed E-state index contributed by atoms with van der Waals surface area (Å²) in [7, 11) is 0. The first-order chi connectivity index (χ1) is 14.6. The van der Waals surface area contributed by atoms with Crippen LogP contribution in [0.15, 0.2) is 53.7 Å². The Morgan fingerprint density at radius 3 is 2.50 bits per heavy atom. The maximum atomic E-state index is 12.4. The maximum Gasteiger partial charge on any atom is 0.234 e. The fourth-order valence-electron chi connectivity index (χ4n) is 2.88. The van der Waals surface area contributed by atoms with Crippen molar-refractivity contribution in [2.24, 2.45) is 0 Å². The molecule has 0 aliphatic heterocycles. The van der Waals surface area contributed by atoms with Crippen molar-refractivity contribution in [3.05, 3.63) is 59.9 Å². The number of aryl methyl sites for hydroxylation is 1. The number of aromatic nitrogens is 3. The molecule has 0 aliphatic carbocycles. The van der Waals surface area contributed by atoms with Gasteiger partial charge in [0.15, 0.2) is 11.0 Å². The van der Waals surface area contributed by atoms with Gasteiger partial charge in [-0.25, -0.2) is 0 Å². The largest absolute Gasteiger partial charge is 0.492 e. The van der Waals surface area contributed by atoms with Crippen LogP contribution in [-0.4, -0.2) is 33.0 Å². The molecule has 1 heterocycles. The number of hydrogen-bond donors (Lipinski definition) is 1. The van der Waals surface area contributed by atoms with Crippen molar-refractivity contribution < 1.29 is 14.3 Å². The van der Waals surface area contributed by atoms with Gasteiger partial charge in [0.05, 0.1) is 18.0 Å². The number of carbonyl (C=O) groups is 1. The maximum absolute atomic E-state index is 12.4. The van der Waals surface area contributed by atoms with Crippen LogP contribution >= 0.6 is 11.8 Å². The highest BCUT2D eigenvalue weighted by Crippen LogP contribution is 2.25. The molecule has 30 heavy (non-hydrogen) atoms. The van der Waals surface area contributed by atoms with Gasteiger partial charge in [-0.3, -0.25) is 4.79 Å². The third-order valence-electron chi connectivity index (χ3n) is 4.35. The minimum Gasteiger partial charge on any atom is -0.492 e. The summed E-state index contributed by atoms with van der Waals surface area (Å²) in [6.45, 7) is 7.48. The van der Waals surface area contributed by atoms with Gasteiger partial charge in [0.25, 0.3) is 0 Å². The molecule has 1 N–H and O–H groups in total. The fourth-order valence-corrected chi connectivity index (χ4v) is 3.70. The first-order valence-electron chi connectivity index (χ1n) is 9.87. The number of benzene rings is 2. The van der Waals surface area contributed by atoms with Crippen molar-refractivity contribution in [3.8, 4) is 11.5 Å². The molecule has 2 aromatic carbocycles. The summed E-state index contributed by atoms with van der Waals surface area (Å²) in [5.41, 5.74) is 1.73. The second kappa shape index (κ2) is 10.7. The van der Waals surface area contributed by atoms with Crippen molar-refractivity contribution in [3.63, 3.8) is 0 Å². The highest BCUT2D eigenvalue weighted by atomic mass is 32.2. The van der Waals surface area contributed by atoms with Crippen molar-refractivity contribution in [1.29, 1.82) is 0 Å². The number of anilines is 1. The van der Waals surface area contributed by atoms with E-state index in [-0.39, 0.29) is 11.7 Å². The molecule has 7 nitrogen and oxygen atoms in total. The number of hydrogen-bond acceptors (Lipinski definition) is 6. The second-order valence-electron chi connectivity index (χ2n) is 6.46. The molecule has 0 bridgehead atoms. The molecule has 0 saturated carbocycles. The van der Waals surface area contributed by atoms with Crippen molar-refractivity contribution in [2.45, 2.75) is 39.1 Å². The van der Waals surface area contributed by atoms with Crippen LogP contribution in [0.25, 0.3) is 0 Å². The van der Waals surface area contributed by atoms with Gasteiger partial charge in [-0.05, 0) is 44.5 Å². The van der Waals surface area contributed by atoms with Gasteiger partial charge in [-0.15, -0.1) is 10.2 Å². The molecule has 0 radical (unpaired) electrons. The molecular formula is C22H26N4O3S. The van der Waals surface area contributed by atoms with E-state index in [1.54, 1.807) is 0 Å². The summed E-state index contributed by atoms with van der Waals surface area (Å²) >= 11 is 1.34. The van der Waals surface area contributed by atoms with Gasteiger partial charge in [0, 0.05) is 6.54 Å². The normalized spacial score (nSPS) is 10.6. The van der Waals surface area contributed by atoms with Gasteiger partial charge < -0.3 is 19.4 Å². The summed E-state index contributed by atoms with van der Waals surface area (Å²) in [5.74, 6) is 2.30. The van der Waals surface area contributed by atoms with Crippen LogP contribution in [-0.2, 0) is 17.9 Å². The molecule has 0 saturated heterocycles. The second-order valence-corrected chi connectivity index (χ2v) is 7.41. The van der Waals surface area contributed by atoms with Crippen LogP contribution in [0.5, 0.6) is 11.5 Å². The molecule has 3 rings (SSSR count). The number of para-hydroxylation sites is 3. The molecule has 3 aromatic rings. The number of carbonyl (C=O) groups excluding carboxylic acids is 1. The average Bonchev–Trinajstić information content (AvgIpc) is 3.15. The van der Waals surface area contributed by atoms with E-state index in [0.29, 0.717) is 36.4 Å². The van der Waals surface area contributed by atoms with Crippen LogP contribution < -0.4 is 14.8 Å². The monoisotopic (exact) mass is 426 g/mol. The van der Waals surface area contributed by atoms with E-state index in [4.69, 9.17) is 9.47 Å². The molecule has 1 amide bonds. The van der Waals surface area contributed by atoms with Crippen LogP contribution in [0.2, 0.25) is 0 Å². The molecular weight excluding hydrogens is 400 g/mol. The Labute approximate surface area is 180 Å². The highest BCUT2D eigenvalue weighted by Gasteiger charge is 2.15. The Morgan fingerprint density at radius 1 is 1.03 bits per heavy atom. The number of nitrogens with zero attached hydrogens (tertiary/aromatic N) is 3. The molecule has 158 valence electrons. The van der Waals surface area contributed by atoms with E-state index >= 15 is 0 Å². The van der Waals surface area contributed by atoms with Gasteiger partial charge in [-0.1, -0.05) is 42.1 Å². The Morgan fingerprint density at radius 2 is 1.77 bits per heavy atom. The summed E-state index contributed by atoms with van der Waals surface area (Å²) in [6.07, 6.45) is 0. The summed E-state index contributed by atoms with van der Waals surface area (Å²) in [6, 6.07) is 15.2. The molecule has 0 spiro atoms. The first-order valence-corrected chi connectivity index (χ1v) is 10.9. The predicted molar refractivity (Wildman–Crippen MR) is 118 cm³/mol. The Bertz CT molecular complexity index is 990. The predicted octanol–water partition coefficient (Wildman–Crippen LogP) is 4.31. The standard InChI is InChI=1S/C22H26N4O3S/c1-4-26-20(14-29-18-12-8-6-10-16(18)3)24-25-22(26)30-15-21(27)23-17-11-7-9-13-19(17)28-5-2/h6-13H,4-5,14-15H2,1-3H3,(H,23,27). The average molecular weight is 427 g/mol. The Balaban J connectivity index is 1.59. The Hall–Kier alpha value is -3.00. The van der Waals surface area contributed by atoms with Crippen LogP contribution in [0.3, 0.4) is 0 Å². The third-order valence-corrected chi connectivity index (χ3v) is 5.32. The van der Waals surface area contributed by atoms with E-state index in [2.05, 4.69) is 15.5 Å². The fraction of sp³-hybridized carbons (Fsp3) is 0.318. The smallest absolute Gasteiger partial charge is 0.234 e. The van der Waals surface area contributed by atoms with Crippen molar-refractivity contribution in [1.82, 2.24) is 14.8 Å². The number of nitrogens with one attached hydrogen (secondary N) is 1. The highest BCUT2D eigenvalue weighted by molar-refractivity contribution is 7.99. The lowest BCUT2D eigenvalue weighted by molar-refractivity contribution is -0.113. The molecule has 0 fully saturated rings. The Kier molecular flexibility index (Phi) is 7.73. The SMILES string of the molecule is CCOc1ccccc1NC(=O)CSc1nnc(COc2ccccc2C)n1CC. The third kappa shape index (κ3) is 5.54. The number of ether oxygens (including phenoxy) is 2. The minimum atomic E-state index is -0.129. The van der Waals surface area contributed by atoms with Gasteiger partial charge in [0.1, 0.15) is 18.1 Å². The number of amides is 1. The van der Waals surface area contributed by atoms with E-state index in [0.717, 1.165) is 17.1 Å². The zero-order valence-corrected chi connectivity index (χ0v) is 18.2. The van der Waals surface area contributed by atoms with Crippen molar-refractivity contribution in [2.75, 3.05) is 17.7 Å². The lowest BCUT2D eigenvalue weighted by atomic mass is 10.2. The molecule has 1 aromatic heterocycles. The quantitative estimate of drug-likeness (QED) is 0.487. The van der Waals surface area contributed by atoms with E-state index in [1.807, 2.05) is 73.9 Å². The van der Waals surface area contributed by atoms with Gasteiger partial charge >= 0.3 is 0 Å². The summed E-state index contributed by atoms with van der Waals surface area (Å²) in [4.78, 5) is 12.4. The first kappa shape index (κ1) is 21.7. The zero-order chi connectivity index (χ0) is 21.3. The summed E-state index contributed by atoms with van der Waals surface area (Å²) < 4.78 is 13.4. The lowest BCUT2D eigenvalue weighted by Crippen LogP contribution is -2.15. The number of thioether (sulfide) groups is 1. The van der Waals surface area contributed by atoms with Gasteiger partial charge in [0.2, 0.25) is 5.91 Å².